The molecule has 3 nitrogen and oxygen atoms in total. The smallest absolute Gasteiger partial charge is 0.154 e. The Hall–Kier alpha value is -1.66. The van der Waals surface area contributed by atoms with Crippen LogP contribution in [0.1, 0.15) is 54.1 Å². The second-order valence-electron chi connectivity index (χ2n) is 4.63. The Balaban J connectivity index is 2.95. The molecule has 0 bridgehead atoms. The summed E-state index contributed by atoms with van der Waals surface area (Å²) in [5.74, 6) is 5.45. The summed E-state index contributed by atoms with van der Waals surface area (Å²) in [6.45, 7) is 3.70. The Labute approximate surface area is 124 Å². The van der Waals surface area contributed by atoms with E-state index in [1.807, 2.05) is 0 Å². The largest absolute Gasteiger partial charge is 0.507 e. The van der Waals surface area contributed by atoms with Crippen molar-refractivity contribution in [3.05, 3.63) is 21.7 Å². The van der Waals surface area contributed by atoms with Gasteiger partial charge < -0.3 is 10.2 Å². The number of unbranched alkanes of at least 4 members (excludes halogenated alkanes) is 3. The van der Waals surface area contributed by atoms with E-state index in [-0.39, 0.29) is 34.1 Å². The highest BCUT2D eigenvalue weighted by atomic mass is 35.5. The number of phenols is 2. The van der Waals surface area contributed by atoms with Crippen molar-refractivity contribution in [2.24, 2.45) is 0 Å². The van der Waals surface area contributed by atoms with Gasteiger partial charge in [0.15, 0.2) is 6.29 Å². The van der Waals surface area contributed by atoms with Crippen molar-refractivity contribution in [2.45, 2.75) is 46.0 Å². The van der Waals surface area contributed by atoms with E-state index >= 15 is 0 Å². The molecule has 0 radical (unpaired) electrons. The van der Waals surface area contributed by atoms with Crippen molar-refractivity contribution in [1.29, 1.82) is 0 Å². The SMILES string of the molecule is CCCCCC#CCc1c(O)c(Cl)c(C)c(C=O)c1O. The van der Waals surface area contributed by atoms with Gasteiger partial charge in [0.2, 0.25) is 0 Å². The molecule has 108 valence electrons. The van der Waals surface area contributed by atoms with E-state index in [1.54, 1.807) is 6.92 Å². The first-order valence-corrected chi connectivity index (χ1v) is 7.06. The average molecular weight is 295 g/mol. The van der Waals surface area contributed by atoms with Gasteiger partial charge in [0.25, 0.3) is 0 Å². The number of halogens is 1. The van der Waals surface area contributed by atoms with Gasteiger partial charge in [-0.3, -0.25) is 4.79 Å². The third kappa shape index (κ3) is 3.68. The van der Waals surface area contributed by atoms with Gasteiger partial charge in [0, 0.05) is 18.4 Å². The molecular formula is C16H19ClO3. The number of aldehydes is 1. The molecule has 0 atom stereocenters. The highest BCUT2D eigenvalue weighted by Crippen LogP contribution is 2.39. The molecule has 0 unspecified atom stereocenters. The maximum absolute atomic E-state index is 11.0. The van der Waals surface area contributed by atoms with Gasteiger partial charge in [-0.15, -0.1) is 5.92 Å². The summed E-state index contributed by atoms with van der Waals surface area (Å²) < 4.78 is 0. The first-order valence-electron chi connectivity index (χ1n) is 6.68. The lowest BCUT2D eigenvalue weighted by atomic mass is 10.0. The van der Waals surface area contributed by atoms with Crippen LogP contribution in [0.25, 0.3) is 0 Å². The molecule has 0 aliphatic rings. The summed E-state index contributed by atoms with van der Waals surface area (Å²) in [6.07, 6.45) is 4.81. The Morgan fingerprint density at radius 2 is 1.90 bits per heavy atom. The van der Waals surface area contributed by atoms with E-state index in [0.29, 0.717) is 11.8 Å². The quantitative estimate of drug-likeness (QED) is 0.490. The number of hydrogen-bond acceptors (Lipinski definition) is 3. The Morgan fingerprint density at radius 1 is 1.20 bits per heavy atom. The van der Waals surface area contributed by atoms with Gasteiger partial charge in [0.05, 0.1) is 10.6 Å². The fourth-order valence-corrected chi connectivity index (χ4v) is 2.11. The molecule has 0 aromatic heterocycles. The second-order valence-corrected chi connectivity index (χ2v) is 5.01. The predicted molar refractivity (Wildman–Crippen MR) is 80.5 cm³/mol. The summed E-state index contributed by atoms with van der Waals surface area (Å²) >= 11 is 5.95. The van der Waals surface area contributed by atoms with Crippen LogP contribution in [0.3, 0.4) is 0 Å². The fraction of sp³-hybridized carbons (Fsp3) is 0.438. The topological polar surface area (TPSA) is 57.5 Å². The van der Waals surface area contributed by atoms with Gasteiger partial charge in [-0.25, -0.2) is 0 Å². The predicted octanol–water partition coefficient (Wildman–Crippen LogP) is 4.00. The number of phenolic OH excluding ortho intramolecular Hbond substituents is 2. The number of rotatable bonds is 5. The summed E-state index contributed by atoms with van der Waals surface area (Å²) in [7, 11) is 0. The van der Waals surface area contributed by atoms with Crippen molar-refractivity contribution in [3.63, 3.8) is 0 Å². The highest BCUT2D eigenvalue weighted by Gasteiger charge is 2.19. The van der Waals surface area contributed by atoms with Gasteiger partial charge in [-0.05, 0) is 18.9 Å². The molecule has 0 fully saturated rings. The van der Waals surface area contributed by atoms with E-state index < -0.39 is 0 Å². The fourth-order valence-electron chi connectivity index (χ4n) is 1.89. The van der Waals surface area contributed by atoms with Crippen LogP contribution < -0.4 is 0 Å². The normalized spacial score (nSPS) is 9.95. The lowest BCUT2D eigenvalue weighted by Crippen LogP contribution is -1.96. The molecule has 20 heavy (non-hydrogen) atoms. The Kier molecular flexibility index (Phi) is 6.41. The zero-order valence-electron chi connectivity index (χ0n) is 11.8. The van der Waals surface area contributed by atoms with Gasteiger partial charge in [-0.2, -0.15) is 0 Å². The van der Waals surface area contributed by atoms with Crippen molar-refractivity contribution in [2.75, 3.05) is 0 Å². The Morgan fingerprint density at radius 3 is 2.50 bits per heavy atom. The first-order chi connectivity index (χ1) is 9.54. The molecule has 2 N–H and O–H groups in total. The monoisotopic (exact) mass is 294 g/mol. The summed E-state index contributed by atoms with van der Waals surface area (Å²) in [5.41, 5.74) is 0.692. The molecule has 0 spiro atoms. The van der Waals surface area contributed by atoms with Crippen LogP contribution in [0.2, 0.25) is 5.02 Å². The molecule has 1 rings (SSSR count). The minimum Gasteiger partial charge on any atom is -0.507 e. The standard InChI is InChI=1S/C16H19ClO3/c1-3-4-5-6-7-8-9-12-15(19)13(10-18)11(2)14(17)16(12)20/h10,19-20H,3-6,9H2,1-2H3. The molecule has 0 aliphatic heterocycles. The Bertz CT molecular complexity index is 553. The number of hydrogen-bond donors (Lipinski definition) is 2. The number of carbonyl (C=O) groups excluding carboxylic acids is 1. The number of carbonyl (C=O) groups is 1. The van der Waals surface area contributed by atoms with E-state index in [2.05, 4.69) is 18.8 Å². The van der Waals surface area contributed by atoms with Crippen molar-refractivity contribution < 1.29 is 15.0 Å². The third-order valence-corrected chi connectivity index (χ3v) is 3.64. The molecule has 0 saturated carbocycles. The van der Waals surface area contributed by atoms with Crippen molar-refractivity contribution in [1.82, 2.24) is 0 Å². The molecule has 0 heterocycles. The van der Waals surface area contributed by atoms with Gasteiger partial charge in [0.1, 0.15) is 11.5 Å². The number of aromatic hydroxyl groups is 2. The minimum absolute atomic E-state index is 0.0904. The van der Waals surface area contributed by atoms with Crippen LogP contribution in [0.15, 0.2) is 0 Å². The average Bonchev–Trinajstić information content (AvgIpc) is 2.44. The molecule has 4 heteroatoms. The third-order valence-electron chi connectivity index (χ3n) is 3.18. The van der Waals surface area contributed by atoms with Crippen LogP contribution in [-0.2, 0) is 6.42 Å². The van der Waals surface area contributed by atoms with Crippen molar-refractivity contribution in [3.8, 4) is 23.3 Å². The minimum atomic E-state index is -0.234. The van der Waals surface area contributed by atoms with Crippen LogP contribution in [0.4, 0.5) is 0 Å². The lowest BCUT2D eigenvalue weighted by molar-refractivity contribution is 0.112. The summed E-state index contributed by atoms with van der Waals surface area (Å²) in [6, 6.07) is 0. The van der Waals surface area contributed by atoms with Crippen LogP contribution in [0, 0.1) is 18.8 Å². The van der Waals surface area contributed by atoms with E-state index in [4.69, 9.17) is 11.6 Å². The molecule has 0 saturated heterocycles. The van der Waals surface area contributed by atoms with E-state index in [9.17, 15) is 15.0 Å². The molecule has 1 aromatic rings. The zero-order chi connectivity index (χ0) is 15.1. The molecule has 0 aliphatic carbocycles. The van der Waals surface area contributed by atoms with Gasteiger partial charge in [-0.1, -0.05) is 37.3 Å². The van der Waals surface area contributed by atoms with Crippen molar-refractivity contribution >= 4 is 17.9 Å². The summed E-state index contributed by atoms with van der Waals surface area (Å²) in [5, 5.41) is 20.0. The zero-order valence-corrected chi connectivity index (χ0v) is 12.5. The maximum Gasteiger partial charge on any atom is 0.154 e. The van der Waals surface area contributed by atoms with Crippen LogP contribution >= 0.6 is 11.6 Å². The number of benzene rings is 1. The van der Waals surface area contributed by atoms with E-state index in [0.717, 1.165) is 25.7 Å². The summed E-state index contributed by atoms with van der Waals surface area (Å²) in [4.78, 5) is 11.0. The molecule has 0 amide bonds. The molecular weight excluding hydrogens is 276 g/mol. The van der Waals surface area contributed by atoms with Gasteiger partial charge >= 0.3 is 0 Å². The second kappa shape index (κ2) is 7.81. The van der Waals surface area contributed by atoms with Crippen LogP contribution in [-0.4, -0.2) is 16.5 Å². The maximum atomic E-state index is 11.0. The first kappa shape index (κ1) is 16.4. The van der Waals surface area contributed by atoms with E-state index in [1.165, 1.54) is 0 Å². The van der Waals surface area contributed by atoms with Crippen LogP contribution in [0.5, 0.6) is 11.5 Å². The lowest BCUT2D eigenvalue weighted by Gasteiger charge is -2.11. The molecule has 1 aromatic carbocycles. The highest BCUT2D eigenvalue weighted by molar-refractivity contribution is 6.33.